The normalized spacial score (nSPS) is 22.5. The smallest absolute Gasteiger partial charge is 0.407 e. The maximum absolute atomic E-state index is 13.8. The third-order valence-corrected chi connectivity index (χ3v) is 6.05. The average molecular weight is 472 g/mol. The van der Waals surface area contributed by atoms with E-state index in [1.165, 1.54) is 6.08 Å². The van der Waals surface area contributed by atoms with Crippen molar-refractivity contribution in [3.05, 3.63) is 47.5 Å². The Labute approximate surface area is 201 Å². The fourth-order valence-electron chi connectivity index (χ4n) is 4.24. The zero-order valence-electron chi connectivity index (χ0n) is 20.6. The minimum atomic E-state index is -1.15. The van der Waals surface area contributed by atoms with Gasteiger partial charge < -0.3 is 25.4 Å². The molecule has 3 N–H and O–H groups in total. The Morgan fingerprint density at radius 2 is 1.97 bits per heavy atom. The fourth-order valence-corrected chi connectivity index (χ4v) is 4.24. The summed E-state index contributed by atoms with van der Waals surface area (Å²) in [5.41, 5.74) is 4.96. The topological polar surface area (TPSA) is 111 Å². The van der Waals surface area contributed by atoms with Crippen molar-refractivity contribution in [3.63, 3.8) is 0 Å². The molecule has 3 rings (SSSR count). The highest BCUT2D eigenvalue weighted by molar-refractivity contribution is 5.98. The van der Waals surface area contributed by atoms with Gasteiger partial charge in [0, 0.05) is 24.8 Å². The molecular formula is C26H37N3O5. The van der Waals surface area contributed by atoms with Crippen LogP contribution in [0.5, 0.6) is 0 Å². The van der Waals surface area contributed by atoms with E-state index in [4.69, 9.17) is 15.2 Å². The van der Waals surface area contributed by atoms with E-state index < -0.39 is 29.2 Å². The molecule has 2 unspecified atom stereocenters. The second kappa shape index (κ2) is 10.6. The Hall–Kier alpha value is -2.87. The SMILES string of the molecule is CCCCOC1c2ccccc2C(=O)N(CC2CC2)C1(/C=C/C(N)=O)CNC(=O)OC(C)(C)C. The molecule has 0 bridgehead atoms. The van der Waals surface area contributed by atoms with Gasteiger partial charge in [-0.3, -0.25) is 9.59 Å². The van der Waals surface area contributed by atoms with Crippen LogP contribution >= 0.6 is 0 Å². The minimum absolute atomic E-state index is 0.00921. The van der Waals surface area contributed by atoms with Gasteiger partial charge in [0.1, 0.15) is 17.2 Å². The van der Waals surface area contributed by atoms with E-state index in [1.54, 1.807) is 37.8 Å². The Kier molecular flexibility index (Phi) is 8.02. The molecule has 1 aromatic carbocycles. The van der Waals surface area contributed by atoms with Gasteiger partial charge in [0.25, 0.3) is 5.91 Å². The number of carbonyl (C=O) groups excluding carboxylic acids is 3. The van der Waals surface area contributed by atoms with Crippen molar-refractivity contribution in [1.82, 2.24) is 10.2 Å². The largest absolute Gasteiger partial charge is 0.444 e. The van der Waals surface area contributed by atoms with Crippen LogP contribution in [0, 0.1) is 5.92 Å². The van der Waals surface area contributed by atoms with E-state index >= 15 is 0 Å². The lowest BCUT2D eigenvalue weighted by Gasteiger charge is -2.50. The van der Waals surface area contributed by atoms with E-state index in [1.807, 2.05) is 18.2 Å². The summed E-state index contributed by atoms with van der Waals surface area (Å²) in [4.78, 5) is 40.0. The van der Waals surface area contributed by atoms with Crippen molar-refractivity contribution in [1.29, 1.82) is 0 Å². The van der Waals surface area contributed by atoms with Gasteiger partial charge in [0.15, 0.2) is 0 Å². The number of amides is 3. The summed E-state index contributed by atoms with van der Waals surface area (Å²) < 4.78 is 11.9. The first-order valence-corrected chi connectivity index (χ1v) is 12.1. The quantitative estimate of drug-likeness (QED) is 0.399. The molecule has 0 spiro atoms. The van der Waals surface area contributed by atoms with Gasteiger partial charge >= 0.3 is 6.09 Å². The summed E-state index contributed by atoms with van der Waals surface area (Å²) in [6.45, 7) is 8.41. The molecule has 0 radical (unpaired) electrons. The Morgan fingerprint density at radius 1 is 1.26 bits per heavy atom. The third-order valence-electron chi connectivity index (χ3n) is 6.05. The number of hydrogen-bond acceptors (Lipinski definition) is 5. The van der Waals surface area contributed by atoms with Gasteiger partial charge in [-0.25, -0.2) is 4.79 Å². The molecule has 1 aliphatic heterocycles. The second-order valence-corrected chi connectivity index (χ2v) is 10.1. The highest BCUT2D eigenvalue weighted by Crippen LogP contribution is 2.45. The van der Waals surface area contributed by atoms with Crippen LogP contribution in [0.15, 0.2) is 36.4 Å². The molecule has 8 nitrogen and oxygen atoms in total. The first kappa shape index (κ1) is 25.7. The summed E-state index contributed by atoms with van der Waals surface area (Å²) >= 11 is 0. The Morgan fingerprint density at radius 3 is 2.59 bits per heavy atom. The molecule has 2 atom stereocenters. The molecule has 3 amide bonds. The van der Waals surface area contributed by atoms with E-state index in [0.29, 0.717) is 24.6 Å². The number of ether oxygens (including phenoxy) is 2. The predicted molar refractivity (Wildman–Crippen MR) is 129 cm³/mol. The molecular weight excluding hydrogens is 434 g/mol. The summed E-state index contributed by atoms with van der Waals surface area (Å²) in [5.74, 6) is -0.423. The van der Waals surface area contributed by atoms with Gasteiger partial charge in [0.2, 0.25) is 5.91 Å². The van der Waals surface area contributed by atoms with Crippen molar-refractivity contribution >= 4 is 17.9 Å². The maximum Gasteiger partial charge on any atom is 0.407 e. The number of rotatable bonds is 10. The Balaban J connectivity index is 2.09. The number of unbranched alkanes of at least 4 members (excludes halogenated alkanes) is 1. The van der Waals surface area contributed by atoms with Crippen LogP contribution in [-0.2, 0) is 14.3 Å². The number of nitrogens with zero attached hydrogens (tertiary/aromatic N) is 1. The van der Waals surface area contributed by atoms with Crippen LogP contribution in [0.25, 0.3) is 0 Å². The van der Waals surface area contributed by atoms with Crippen molar-refractivity contribution in [3.8, 4) is 0 Å². The van der Waals surface area contributed by atoms with Gasteiger partial charge in [0.05, 0.1) is 6.54 Å². The molecule has 1 heterocycles. The van der Waals surface area contributed by atoms with Crippen LogP contribution in [0.1, 0.15) is 75.4 Å². The number of fused-ring (bicyclic) bond motifs is 1. The van der Waals surface area contributed by atoms with Gasteiger partial charge in [-0.2, -0.15) is 0 Å². The van der Waals surface area contributed by atoms with Gasteiger partial charge in [-0.1, -0.05) is 31.5 Å². The maximum atomic E-state index is 13.8. The van der Waals surface area contributed by atoms with Crippen LogP contribution < -0.4 is 11.1 Å². The van der Waals surface area contributed by atoms with Crippen molar-refractivity contribution < 1.29 is 23.9 Å². The van der Waals surface area contributed by atoms with E-state index in [2.05, 4.69) is 12.2 Å². The number of hydrogen-bond donors (Lipinski definition) is 2. The molecule has 2 aliphatic rings. The summed E-state index contributed by atoms with van der Waals surface area (Å²) in [5, 5.41) is 2.83. The average Bonchev–Trinajstić information content (AvgIpc) is 3.58. The lowest BCUT2D eigenvalue weighted by atomic mass is 9.78. The number of benzene rings is 1. The summed E-state index contributed by atoms with van der Waals surface area (Å²) in [6, 6.07) is 7.37. The lowest BCUT2D eigenvalue weighted by molar-refractivity contribution is -0.113. The monoisotopic (exact) mass is 471 g/mol. The molecule has 1 fully saturated rings. The zero-order chi connectivity index (χ0) is 24.9. The molecule has 1 saturated carbocycles. The van der Waals surface area contributed by atoms with E-state index in [9.17, 15) is 14.4 Å². The van der Waals surface area contributed by atoms with Crippen molar-refractivity contribution in [2.75, 3.05) is 19.7 Å². The van der Waals surface area contributed by atoms with Crippen LogP contribution in [0.4, 0.5) is 4.79 Å². The van der Waals surface area contributed by atoms with Gasteiger partial charge in [-0.15, -0.1) is 0 Å². The fraction of sp³-hybridized carbons (Fsp3) is 0.577. The molecule has 0 saturated heterocycles. The van der Waals surface area contributed by atoms with Crippen LogP contribution in [0.3, 0.4) is 0 Å². The standard InChI is InChI=1S/C26H37N3O5/c1-5-6-15-33-22-19-9-7-8-10-20(19)23(31)29(16-18-11-12-18)26(22,14-13-21(27)30)17-28-24(32)34-25(2,3)4/h7-10,13-14,18,22H,5-6,11-12,15-17H2,1-4H3,(H2,27,30)(H,28,32)/b14-13+. The predicted octanol–water partition coefficient (Wildman–Crippen LogP) is 3.72. The number of nitrogens with two attached hydrogens (primary N) is 1. The highest BCUT2D eigenvalue weighted by Gasteiger charge is 2.52. The van der Waals surface area contributed by atoms with E-state index in [-0.39, 0.29) is 12.5 Å². The second-order valence-electron chi connectivity index (χ2n) is 10.1. The van der Waals surface area contributed by atoms with Gasteiger partial charge in [-0.05, 0) is 63.7 Å². The first-order valence-electron chi connectivity index (χ1n) is 12.1. The number of primary amides is 1. The minimum Gasteiger partial charge on any atom is -0.444 e. The number of carbonyl (C=O) groups is 3. The number of nitrogens with one attached hydrogen (secondary N) is 1. The molecule has 1 aliphatic carbocycles. The van der Waals surface area contributed by atoms with Crippen LogP contribution in [0.2, 0.25) is 0 Å². The lowest BCUT2D eigenvalue weighted by Crippen LogP contribution is -2.64. The van der Waals surface area contributed by atoms with Crippen molar-refractivity contribution in [2.24, 2.45) is 11.7 Å². The third kappa shape index (κ3) is 6.17. The Bertz CT molecular complexity index is 935. The number of alkyl carbamates (subject to hydrolysis) is 1. The molecule has 1 aromatic rings. The molecule has 186 valence electrons. The summed E-state index contributed by atoms with van der Waals surface area (Å²) in [6.07, 6.45) is 5.52. The highest BCUT2D eigenvalue weighted by atomic mass is 16.6. The van der Waals surface area contributed by atoms with E-state index in [0.717, 1.165) is 31.2 Å². The van der Waals surface area contributed by atoms with Crippen LogP contribution in [-0.4, -0.2) is 53.6 Å². The zero-order valence-corrected chi connectivity index (χ0v) is 20.6. The first-order chi connectivity index (χ1) is 16.1. The molecule has 34 heavy (non-hydrogen) atoms. The molecule has 0 aromatic heterocycles. The molecule has 8 heteroatoms. The van der Waals surface area contributed by atoms with Crippen molar-refractivity contribution in [2.45, 2.75) is 70.6 Å². The summed E-state index contributed by atoms with van der Waals surface area (Å²) in [7, 11) is 0.